The van der Waals surface area contributed by atoms with Crippen LogP contribution in [-0.2, 0) is 20.0 Å². The number of benzene rings is 2. The van der Waals surface area contributed by atoms with E-state index in [2.05, 4.69) is 10.1 Å². The van der Waals surface area contributed by atoms with Crippen LogP contribution in [0.4, 0.5) is 4.39 Å². The number of aryl methyl sites for hydroxylation is 1. The maximum atomic E-state index is 13.9. The van der Waals surface area contributed by atoms with Gasteiger partial charge in [0.1, 0.15) is 11.3 Å². The third kappa shape index (κ3) is 4.03. The SMILES string of the molecule is CCN(Cc1cnn(C)c1)C(=O)c1ccc2nc(Cc3ccccc3F)oc2c1. The summed E-state index contributed by atoms with van der Waals surface area (Å²) in [5, 5.41) is 4.15. The van der Waals surface area contributed by atoms with Gasteiger partial charge in [-0.05, 0) is 36.8 Å². The molecular weight excluding hydrogens is 371 g/mol. The lowest BCUT2D eigenvalue weighted by atomic mass is 10.1. The number of nitrogens with zero attached hydrogens (tertiary/aromatic N) is 4. The first-order valence-electron chi connectivity index (χ1n) is 9.43. The van der Waals surface area contributed by atoms with Crippen molar-refractivity contribution in [3.63, 3.8) is 0 Å². The van der Waals surface area contributed by atoms with Gasteiger partial charge in [-0.2, -0.15) is 5.10 Å². The van der Waals surface area contributed by atoms with Gasteiger partial charge in [0.05, 0.1) is 12.6 Å². The molecule has 2 aromatic carbocycles. The summed E-state index contributed by atoms with van der Waals surface area (Å²) in [5.74, 6) is 0.0299. The van der Waals surface area contributed by atoms with E-state index in [-0.39, 0.29) is 18.1 Å². The summed E-state index contributed by atoms with van der Waals surface area (Å²) in [5.41, 5.74) is 3.17. The lowest BCUT2D eigenvalue weighted by Gasteiger charge is -2.20. The molecule has 148 valence electrons. The van der Waals surface area contributed by atoms with E-state index in [0.717, 1.165) is 5.56 Å². The maximum absolute atomic E-state index is 13.9. The molecule has 29 heavy (non-hydrogen) atoms. The van der Waals surface area contributed by atoms with Crippen LogP contribution in [0, 0.1) is 5.82 Å². The first-order chi connectivity index (χ1) is 14.0. The van der Waals surface area contributed by atoms with Crippen LogP contribution in [0.1, 0.15) is 34.3 Å². The van der Waals surface area contributed by atoms with Crippen molar-refractivity contribution in [3.8, 4) is 0 Å². The van der Waals surface area contributed by atoms with E-state index in [1.165, 1.54) is 6.07 Å². The lowest BCUT2D eigenvalue weighted by Crippen LogP contribution is -2.30. The minimum absolute atomic E-state index is 0.0923. The van der Waals surface area contributed by atoms with Crippen LogP contribution in [0.2, 0.25) is 0 Å². The number of amides is 1. The Hall–Kier alpha value is -3.48. The fourth-order valence-corrected chi connectivity index (χ4v) is 3.27. The molecule has 0 aliphatic rings. The van der Waals surface area contributed by atoms with Gasteiger partial charge in [-0.3, -0.25) is 9.48 Å². The summed E-state index contributed by atoms with van der Waals surface area (Å²) in [6, 6.07) is 11.7. The van der Waals surface area contributed by atoms with Crippen LogP contribution in [0.5, 0.6) is 0 Å². The van der Waals surface area contributed by atoms with E-state index in [0.29, 0.717) is 41.2 Å². The second-order valence-electron chi connectivity index (χ2n) is 6.90. The average molecular weight is 392 g/mol. The standard InChI is InChI=1S/C22H21FN4O2/c1-3-27(14-15-12-24-26(2)13-15)22(28)17-8-9-19-20(10-17)29-21(25-19)11-16-6-4-5-7-18(16)23/h4-10,12-13H,3,11,14H2,1-2H3. The van der Waals surface area contributed by atoms with Crippen LogP contribution in [0.25, 0.3) is 11.1 Å². The van der Waals surface area contributed by atoms with Crippen molar-refractivity contribution >= 4 is 17.0 Å². The van der Waals surface area contributed by atoms with E-state index in [4.69, 9.17) is 4.42 Å². The Morgan fingerprint density at radius 3 is 2.79 bits per heavy atom. The second kappa shape index (κ2) is 7.87. The Morgan fingerprint density at radius 1 is 1.24 bits per heavy atom. The molecule has 7 heteroatoms. The van der Waals surface area contributed by atoms with Crippen LogP contribution in [0.15, 0.2) is 59.3 Å². The van der Waals surface area contributed by atoms with Crippen molar-refractivity contribution in [1.29, 1.82) is 0 Å². The number of halogens is 1. The molecular formula is C22H21FN4O2. The van der Waals surface area contributed by atoms with Gasteiger partial charge in [0.2, 0.25) is 0 Å². The van der Waals surface area contributed by atoms with E-state index in [1.807, 2.05) is 20.2 Å². The number of carbonyl (C=O) groups excluding carboxylic acids is 1. The number of carbonyl (C=O) groups is 1. The van der Waals surface area contributed by atoms with Crippen molar-refractivity contribution in [3.05, 3.63) is 83.3 Å². The van der Waals surface area contributed by atoms with E-state index in [1.54, 1.807) is 52.2 Å². The summed E-state index contributed by atoms with van der Waals surface area (Å²) < 4.78 is 21.4. The monoisotopic (exact) mass is 392 g/mol. The predicted octanol–water partition coefficient (Wildman–Crippen LogP) is 3.95. The highest BCUT2D eigenvalue weighted by molar-refractivity contribution is 5.97. The summed E-state index contributed by atoms with van der Waals surface area (Å²) in [6.45, 7) is 2.99. The summed E-state index contributed by atoms with van der Waals surface area (Å²) in [6.07, 6.45) is 3.90. The molecule has 0 atom stereocenters. The molecule has 0 radical (unpaired) electrons. The molecule has 0 saturated heterocycles. The zero-order valence-electron chi connectivity index (χ0n) is 16.3. The highest BCUT2D eigenvalue weighted by Gasteiger charge is 2.17. The third-order valence-electron chi connectivity index (χ3n) is 4.78. The van der Waals surface area contributed by atoms with Crippen LogP contribution in [-0.4, -0.2) is 32.1 Å². The largest absolute Gasteiger partial charge is 0.440 e. The summed E-state index contributed by atoms with van der Waals surface area (Å²) in [4.78, 5) is 19.1. The second-order valence-corrected chi connectivity index (χ2v) is 6.90. The number of hydrogen-bond acceptors (Lipinski definition) is 4. The van der Waals surface area contributed by atoms with Crippen LogP contribution in [0.3, 0.4) is 0 Å². The zero-order chi connectivity index (χ0) is 20.4. The fraction of sp³-hybridized carbons (Fsp3) is 0.227. The van der Waals surface area contributed by atoms with Gasteiger partial charge in [-0.15, -0.1) is 0 Å². The number of hydrogen-bond donors (Lipinski definition) is 0. The molecule has 0 saturated carbocycles. The first kappa shape index (κ1) is 18.9. The lowest BCUT2D eigenvalue weighted by molar-refractivity contribution is 0.0752. The van der Waals surface area contributed by atoms with Crippen LogP contribution >= 0.6 is 0 Å². The van der Waals surface area contributed by atoms with Crippen molar-refractivity contribution in [2.45, 2.75) is 19.9 Å². The quantitative estimate of drug-likeness (QED) is 0.498. The smallest absolute Gasteiger partial charge is 0.254 e. The van der Waals surface area contributed by atoms with E-state index >= 15 is 0 Å². The Morgan fingerprint density at radius 2 is 2.07 bits per heavy atom. The number of fused-ring (bicyclic) bond motifs is 1. The molecule has 4 rings (SSSR count). The third-order valence-corrected chi connectivity index (χ3v) is 4.78. The Labute approximate surface area is 167 Å². The molecule has 0 spiro atoms. The van der Waals surface area contributed by atoms with Crippen molar-refractivity contribution in [2.75, 3.05) is 6.54 Å². The first-order valence-corrected chi connectivity index (χ1v) is 9.43. The van der Waals surface area contributed by atoms with Gasteiger partial charge in [0, 0.05) is 37.5 Å². The topological polar surface area (TPSA) is 64.2 Å². The molecule has 2 heterocycles. The normalized spacial score (nSPS) is 11.1. The van der Waals surface area contributed by atoms with Gasteiger partial charge < -0.3 is 9.32 Å². The molecule has 0 aliphatic heterocycles. The fourth-order valence-electron chi connectivity index (χ4n) is 3.27. The van der Waals surface area contributed by atoms with Gasteiger partial charge in [-0.1, -0.05) is 18.2 Å². The molecule has 0 bridgehead atoms. The molecule has 0 N–H and O–H groups in total. The van der Waals surface area contributed by atoms with Crippen molar-refractivity contribution < 1.29 is 13.6 Å². The molecule has 0 unspecified atom stereocenters. The Kier molecular flexibility index (Phi) is 5.12. The highest BCUT2D eigenvalue weighted by atomic mass is 19.1. The number of oxazole rings is 1. The Bertz CT molecular complexity index is 1160. The highest BCUT2D eigenvalue weighted by Crippen LogP contribution is 2.21. The number of aromatic nitrogens is 3. The zero-order valence-corrected chi connectivity index (χ0v) is 16.3. The minimum atomic E-state index is -0.292. The van der Waals surface area contributed by atoms with Crippen LogP contribution < -0.4 is 0 Å². The maximum Gasteiger partial charge on any atom is 0.254 e. The number of rotatable bonds is 6. The van der Waals surface area contributed by atoms with Crippen molar-refractivity contribution in [1.82, 2.24) is 19.7 Å². The van der Waals surface area contributed by atoms with Gasteiger partial charge in [0.15, 0.2) is 11.5 Å². The molecule has 2 aromatic heterocycles. The van der Waals surface area contributed by atoms with Gasteiger partial charge in [0.25, 0.3) is 5.91 Å². The molecule has 1 amide bonds. The Balaban J connectivity index is 1.56. The van der Waals surface area contributed by atoms with Gasteiger partial charge in [-0.25, -0.2) is 9.37 Å². The summed E-state index contributed by atoms with van der Waals surface area (Å²) in [7, 11) is 1.85. The summed E-state index contributed by atoms with van der Waals surface area (Å²) >= 11 is 0. The predicted molar refractivity (Wildman–Crippen MR) is 107 cm³/mol. The van der Waals surface area contributed by atoms with Crippen molar-refractivity contribution in [2.24, 2.45) is 7.05 Å². The molecule has 6 nitrogen and oxygen atoms in total. The van der Waals surface area contributed by atoms with Gasteiger partial charge >= 0.3 is 0 Å². The minimum Gasteiger partial charge on any atom is -0.440 e. The average Bonchev–Trinajstić information content (AvgIpc) is 3.31. The van der Waals surface area contributed by atoms with E-state index < -0.39 is 0 Å². The molecule has 4 aromatic rings. The molecule has 0 fully saturated rings. The molecule has 0 aliphatic carbocycles. The van der Waals surface area contributed by atoms with E-state index in [9.17, 15) is 9.18 Å².